The van der Waals surface area contributed by atoms with E-state index in [2.05, 4.69) is 48.1 Å². The molecule has 0 aliphatic carbocycles. The Hall–Kier alpha value is -0.340. The fourth-order valence-corrected chi connectivity index (χ4v) is 3.28. The van der Waals surface area contributed by atoms with Crippen LogP contribution >= 0.6 is 23.5 Å². The monoisotopic (exact) mass is 194 g/mol. The lowest BCUT2D eigenvalue weighted by Gasteiger charge is -2.21. The summed E-state index contributed by atoms with van der Waals surface area (Å²) in [5.41, 5.74) is 1.39. The molecule has 0 bridgehead atoms. The van der Waals surface area contributed by atoms with Crippen LogP contribution in [0.4, 0.5) is 0 Å². The van der Waals surface area contributed by atoms with Gasteiger partial charge >= 0.3 is 0 Å². The molecule has 1 aliphatic heterocycles. The Balaban J connectivity index is 2.31. The molecule has 0 atom stereocenters. The van der Waals surface area contributed by atoms with E-state index >= 15 is 0 Å². The second-order valence-electron chi connectivity index (χ2n) is 2.82. The van der Waals surface area contributed by atoms with Crippen molar-refractivity contribution in [3.05, 3.63) is 46.7 Å². The van der Waals surface area contributed by atoms with E-state index in [-0.39, 0.29) is 4.08 Å². The van der Waals surface area contributed by atoms with Crippen molar-refractivity contribution < 1.29 is 0 Å². The molecule has 0 amide bonds. The molecule has 0 saturated carbocycles. The van der Waals surface area contributed by atoms with Gasteiger partial charge in [-0.15, -0.1) is 23.5 Å². The predicted octanol–water partition coefficient (Wildman–Crippen LogP) is 3.81. The van der Waals surface area contributed by atoms with E-state index in [0.717, 1.165) is 0 Å². The molecule has 1 aromatic rings. The molecule has 2 heteroatoms. The van der Waals surface area contributed by atoms with Crippen LogP contribution in [0.1, 0.15) is 12.5 Å². The highest BCUT2D eigenvalue weighted by Crippen LogP contribution is 2.51. The number of hydrogen-bond donors (Lipinski definition) is 0. The highest BCUT2D eigenvalue weighted by atomic mass is 32.2. The summed E-state index contributed by atoms with van der Waals surface area (Å²) in [4.78, 5) is 0. The van der Waals surface area contributed by atoms with Gasteiger partial charge in [0.25, 0.3) is 0 Å². The van der Waals surface area contributed by atoms with Gasteiger partial charge in [-0.2, -0.15) is 0 Å². The first-order valence-electron chi connectivity index (χ1n) is 3.87. The smallest absolute Gasteiger partial charge is 0.0913 e. The Kier molecular flexibility index (Phi) is 2.20. The summed E-state index contributed by atoms with van der Waals surface area (Å²) in [6.07, 6.45) is 0. The molecule has 2 rings (SSSR count). The number of rotatable bonds is 1. The van der Waals surface area contributed by atoms with Crippen LogP contribution in [0.5, 0.6) is 0 Å². The first-order chi connectivity index (χ1) is 5.81. The minimum Gasteiger partial charge on any atom is -0.111 e. The zero-order chi connectivity index (χ0) is 8.44. The molecular weight excluding hydrogens is 184 g/mol. The molecule has 0 N–H and O–H groups in total. The van der Waals surface area contributed by atoms with Crippen molar-refractivity contribution in [3.63, 3.8) is 0 Å². The van der Waals surface area contributed by atoms with Gasteiger partial charge in [0.1, 0.15) is 0 Å². The summed E-state index contributed by atoms with van der Waals surface area (Å²) in [5.74, 6) is 0. The lowest BCUT2D eigenvalue weighted by Crippen LogP contribution is -2.07. The van der Waals surface area contributed by atoms with Crippen molar-refractivity contribution in [3.8, 4) is 0 Å². The molecule has 0 unspecified atom stereocenters. The molecule has 1 aromatic carbocycles. The average Bonchev–Trinajstić information content (AvgIpc) is 2.55. The lowest BCUT2D eigenvalue weighted by molar-refractivity contribution is 1.03. The summed E-state index contributed by atoms with van der Waals surface area (Å²) in [7, 11) is 0. The summed E-state index contributed by atoms with van der Waals surface area (Å²) in [6, 6.07) is 10.6. The molecule has 0 fully saturated rings. The fourth-order valence-electron chi connectivity index (χ4n) is 1.22. The van der Waals surface area contributed by atoms with Gasteiger partial charge in [-0.1, -0.05) is 30.3 Å². The number of thioether (sulfide) groups is 2. The van der Waals surface area contributed by atoms with Gasteiger partial charge in [-0.25, -0.2) is 0 Å². The van der Waals surface area contributed by atoms with Crippen LogP contribution in [0.25, 0.3) is 0 Å². The van der Waals surface area contributed by atoms with Crippen LogP contribution in [-0.2, 0) is 4.08 Å². The Morgan fingerprint density at radius 1 is 1.00 bits per heavy atom. The quantitative estimate of drug-likeness (QED) is 0.666. The lowest BCUT2D eigenvalue weighted by atomic mass is 10.2. The SMILES string of the molecule is CC1(c2ccccc2)SC=CS1. The topological polar surface area (TPSA) is 0 Å². The second kappa shape index (κ2) is 3.19. The first-order valence-corrected chi connectivity index (χ1v) is 5.63. The van der Waals surface area contributed by atoms with Crippen LogP contribution in [0.3, 0.4) is 0 Å². The molecule has 0 radical (unpaired) electrons. The predicted molar refractivity (Wildman–Crippen MR) is 58.1 cm³/mol. The van der Waals surface area contributed by atoms with Crippen molar-refractivity contribution in [2.24, 2.45) is 0 Å². The first kappa shape index (κ1) is 8.27. The largest absolute Gasteiger partial charge is 0.111 e. The zero-order valence-corrected chi connectivity index (χ0v) is 8.49. The van der Waals surface area contributed by atoms with Crippen LogP contribution in [-0.4, -0.2) is 0 Å². The van der Waals surface area contributed by atoms with Gasteiger partial charge in [-0.3, -0.25) is 0 Å². The Bertz CT molecular complexity index is 282. The van der Waals surface area contributed by atoms with Crippen molar-refractivity contribution in [1.82, 2.24) is 0 Å². The van der Waals surface area contributed by atoms with E-state index in [0.29, 0.717) is 0 Å². The van der Waals surface area contributed by atoms with Crippen molar-refractivity contribution >= 4 is 23.5 Å². The highest BCUT2D eigenvalue weighted by molar-refractivity contribution is 8.22. The highest BCUT2D eigenvalue weighted by Gasteiger charge is 2.28. The molecule has 12 heavy (non-hydrogen) atoms. The number of benzene rings is 1. The van der Waals surface area contributed by atoms with E-state index in [1.165, 1.54) is 5.56 Å². The zero-order valence-electron chi connectivity index (χ0n) is 6.86. The summed E-state index contributed by atoms with van der Waals surface area (Å²) < 4.78 is 0.210. The van der Waals surface area contributed by atoms with Gasteiger partial charge in [0.05, 0.1) is 4.08 Å². The van der Waals surface area contributed by atoms with E-state index in [1.807, 2.05) is 23.5 Å². The van der Waals surface area contributed by atoms with Crippen molar-refractivity contribution in [2.75, 3.05) is 0 Å². The van der Waals surface area contributed by atoms with E-state index < -0.39 is 0 Å². The second-order valence-corrected chi connectivity index (χ2v) is 5.73. The third-order valence-corrected chi connectivity index (χ3v) is 4.60. The van der Waals surface area contributed by atoms with E-state index in [4.69, 9.17) is 0 Å². The molecule has 1 aliphatic rings. The molecule has 0 nitrogen and oxygen atoms in total. The fraction of sp³-hybridized carbons (Fsp3) is 0.200. The average molecular weight is 194 g/mol. The summed E-state index contributed by atoms with van der Waals surface area (Å²) >= 11 is 3.76. The van der Waals surface area contributed by atoms with Gasteiger partial charge in [-0.05, 0) is 23.3 Å². The third kappa shape index (κ3) is 1.41. The normalized spacial score (nSPS) is 19.8. The van der Waals surface area contributed by atoms with Gasteiger partial charge in [0, 0.05) is 0 Å². The van der Waals surface area contributed by atoms with Crippen molar-refractivity contribution in [1.29, 1.82) is 0 Å². The molecule has 0 aromatic heterocycles. The molecule has 62 valence electrons. The Morgan fingerprint density at radius 2 is 1.58 bits per heavy atom. The van der Waals surface area contributed by atoms with Crippen molar-refractivity contribution in [2.45, 2.75) is 11.0 Å². The Morgan fingerprint density at radius 3 is 2.17 bits per heavy atom. The third-order valence-electron chi connectivity index (χ3n) is 1.94. The standard InChI is InChI=1S/C10H10S2/c1-10(11-7-8-12-10)9-5-3-2-4-6-9/h2-8H,1H3. The molecular formula is C10H10S2. The molecule has 0 spiro atoms. The van der Waals surface area contributed by atoms with Crippen LogP contribution in [0.15, 0.2) is 41.1 Å². The minimum absolute atomic E-state index is 0.210. The Labute approximate surface area is 81.4 Å². The van der Waals surface area contributed by atoms with Crippen LogP contribution < -0.4 is 0 Å². The minimum atomic E-state index is 0.210. The van der Waals surface area contributed by atoms with Gasteiger partial charge in [0.15, 0.2) is 0 Å². The number of hydrogen-bond acceptors (Lipinski definition) is 2. The maximum Gasteiger partial charge on any atom is 0.0913 e. The maximum atomic E-state index is 2.26. The van der Waals surface area contributed by atoms with Gasteiger partial charge in [0.2, 0.25) is 0 Å². The van der Waals surface area contributed by atoms with Crippen LogP contribution in [0, 0.1) is 0 Å². The molecule has 1 heterocycles. The summed E-state index contributed by atoms with van der Waals surface area (Å²) in [6.45, 7) is 2.26. The van der Waals surface area contributed by atoms with E-state index in [1.54, 1.807) is 0 Å². The maximum absolute atomic E-state index is 2.26. The van der Waals surface area contributed by atoms with E-state index in [9.17, 15) is 0 Å². The molecule has 0 saturated heterocycles. The van der Waals surface area contributed by atoms with Crippen LogP contribution in [0.2, 0.25) is 0 Å². The summed E-state index contributed by atoms with van der Waals surface area (Å²) in [5, 5.41) is 4.33. The van der Waals surface area contributed by atoms with Gasteiger partial charge < -0.3 is 0 Å².